The lowest BCUT2D eigenvalue weighted by Gasteiger charge is -2.09. The summed E-state index contributed by atoms with van der Waals surface area (Å²) in [7, 11) is 1.33. The Balaban J connectivity index is 2.91. The summed E-state index contributed by atoms with van der Waals surface area (Å²) in [6.07, 6.45) is 0.596. The third-order valence-corrected chi connectivity index (χ3v) is 3.12. The molecule has 5 heteroatoms. The normalized spacial score (nSPS) is 10.0. The van der Waals surface area contributed by atoms with Crippen LogP contribution >= 0.6 is 15.9 Å². The number of ether oxygens (including phenoxy) is 1. The molecule has 92 valence electrons. The van der Waals surface area contributed by atoms with Crippen molar-refractivity contribution in [1.29, 1.82) is 0 Å². The number of hydrogen-bond donors (Lipinski definition) is 1. The Morgan fingerprint density at radius 1 is 1.41 bits per heavy atom. The molecule has 0 fully saturated rings. The molecule has 1 rings (SSSR count). The molecule has 0 aliphatic heterocycles. The molecule has 1 N–H and O–H groups in total. The lowest BCUT2D eigenvalue weighted by Crippen LogP contribution is -2.08. The highest BCUT2D eigenvalue weighted by atomic mass is 79.9. The van der Waals surface area contributed by atoms with Crippen LogP contribution in [0.15, 0.2) is 22.7 Å². The monoisotopic (exact) mass is 300 g/mol. The molecule has 0 heterocycles. The first-order valence-corrected chi connectivity index (χ1v) is 5.88. The quantitative estimate of drug-likeness (QED) is 0.847. The molecule has 0 saturated heterocycles. The first-order chi connectivity index (χ1) is 8.04. The highest BCUT2D eigenvalue weighted by molar-refractivity contribution is 9.10. The lowest BCUT2D eigenvalue weighted by atomic mass is 10.0. The van der Waals surface area contributed by atoms with E-state index in [1.165, 1.54) is 7.11 Å². The zero-order chi connectivity index (χ0) is 12.8. The van der Waals surface area contributed by atoms with Crippen molar-refractivity contribution in [2.24, 2.45) is 0 Å². The van der Waals surface area contributed by atoms with Crippen LogP contribution in [-0.4, -0.2) is 24.2 Å². The Hall–Kier alpha value is -1.36. The van der Waals surface area contributed by atoms with Gasteiger partial charge in [-0.05, 0) is 23.6 Å². The Labute approximate surface area is 108 Å². The zero-order valence-corrected chi connectivity index (χ0v) is 11.0. The minimum absolute atomic E-state index is 0.0463. The van der Waals surface area contributed by atoms with Crippen molar-refractivity contribution >= 4 is 27.9 Å². The molecule has 1 aromatic rings. The predicted octanol–water partition coefficient (Wildman–Crippen LogP) is 2.18. The number of rotatable bonds is 5. The van der Waals surface area contributed by atoms with Crippen LogP contribution in [0.1, 0.15) is 17.5 Å². The van der Waals surface area contributed by atoms with Crippen molar-refractivity contribution in [3.63, 3.8) is 0 Å². The summed E-state index contributed by atoms with van der Waals surface area (Å²) in [6, 6.07) is 5.47. The van der Waals surface area contributed by atoms with Crippen molar-refractivity contribution in [2.45, 2.75) is 19.3 Å². The van der Waals surface area contributed by atoms with Crippen molar-refractivity contribution in [1.82, 2.24) is 0 Å². The number of benzene rings is 1. The number of esters is 1. The van der Waals surface area contributed by atoms with Crippen molar-refractivity contribution < 1.29 is 19.4 Å². The predicted molar refractivity (Wildman–Crippen MR) is 65.8 cm³/mol. The van der Waals surface area contributed by atoms with Gasteiger partial charge in [-0.2, -0.15) is 0 Å². The number of carbonyl (C=O) groups excluding carboxylic acids is 1. The van der Waals surface area contributed by atoms with Crippen molar-refractivity contribution in [3.05, 3.63) is 33.8 Å². The maximum absolute atomic E-state index is 11.3. The number of carbonyl (C=O) groups is 2. The van der Waals surface area contributed by atoms with Gasteiger partial charge in [-0.3, -0.25) is 9.59 Å². The van der Waals surface area contributed by atoms with Crippen LogP contribution in [0.3, 0.4) is 0 Å². The van der Waals surface area contributed by atoms with Gasteiger partial charge < -0.3 is 9.84 Å². The summed E-state index contributed by atoms with van der Waals surface area (Å²) >= 11 is 3.36. The molecule has 0 radical (unpaired) electrons. The maximum atomic E-state index is 11.3. The zero-order valence-electron chi connectivity index (χ0n) is 9.40. The molecule has 0 spiro atoms. The lowest BCUT2D eigenvalue weighted by molar-refractivity contribution is -0.140. The topological polar surface area (TPSA) is 63.6 Å². The number of carboxylic acid groups (broad SMARTS) is 1. The van der Waals surface area contributed by atoms with Crippen LogP contribution in [0.2, 0.25) is 0 Å². The number of aliphatic carboxylic acids is 1. The molecule has 0 aliphatic carbocycles. The van der Waals surface area contributed by atoms with E-state index >= 15 is 0 Å². The highest BCUT2D eigenvalue weighted by Crippen LogP contribution is 2.22. The van der Waals surface area contributed by atoms with E-state index in [0.717, 1.165) is 15.6 Å². The van der Waals surface area contributed by atoms with Gasteiger partial charge in [-0.25, -0.2) is 0 Å². The van der Waals surface area contributed by atoms with Crippen LogP contribution in [0.25, 0.3) is 0 Å². The Kier molecular flexibility index (Phi) is 5.15. The summed E-state index contributed by atoms with van der Waals surface area (Å²) in [5, 5.41) is 8.66. The Morgan fingerprint density at radius 2 is 2.12 bits per heavy atom. The van der Waals surface area contributed by atoms with E-state index in [9.17, 15) is 9.59 Å². The van der Waals surface area contributed by atoms with E-state index in [-0.39, 0.29) is 18.8 Å². The van der Waals surface area contributed by atoms with Gasteiger partial charge in [0, 0.05) is 10.9 Å². The van der Waals surface area contributed by atoms with Gasteiger partial charge in [-0.1, -0.05) is 28.1 Å². The van der Waals surface area contributed by atoms with E-state index in [2.05, 4.69) is 20.7 Å². The maximum Gasteiger partial charge on any atom is 0.310 e. The van der Waals surface area contributed by atoms with Crippen LogP contribution in [0, 0.1) is 0 Å². The number of halogens is 1. The molecule has 0 aromatic heterocycles. The van der Waals surface area contributed by atoms with Crippen molar-refractivity contribution in [3.8, 4) is 0 Å². The minimum Gasteiger partial charge on any atom is -0.481 e. The molecule has 4 nitrogen and oxygen atoms in total. The molecule has 0 saturated carbocycles. The standard InChI is InChI=1S/C12H13BrO4/c1-17-12(16)7-9-8(5-6-11(14)15)3-2-4-10(9)13/h2-4H,5-7H2,1H3,(H,14,15). The number of aryl methyl sites for hydroxylation is 1. The summed E-state index contributed by atoms with van der Waals surface area (Å²) in [5.41, 5.74) is 1.65. The summed E-state index contributed by atoms with van der Waals surface area (Å²) < 4.78 is 5.41. The van der Waals surface area contributed by atoms with E-state index < -0.39 is 5.97 Å². The fourth-order valence-electron chi connectivity index (χ4n) is 1.49. The van der Waals surface area contributed by atoms with Crippen LogP contribution in [-0.2, 0) is 27.2 Å². The molecule has 17 heavy (non-hydrogen) atoms. The smallest absolute Gasteiger partial charge is 0.310 e. The molecule has 1 aromatic carbocycles. The van der Waals surface area contributed by atoms with E-state index in [1.54, 1.807) is 0 Å². The average Bonchev–Trinajstić information content (AvgIpc) is 2.29. The largest absolute Gasteiger partial charge is 0.481 e. The van der Waals surface area contributed by atoms with Crippen molar-refractivity contribution in [2.75, 3.05) is 7.11 Å². The molecule has 0 aliphatic rings. The summed E-state index contributed by atoms with van der Waals surface area (Å²) in [6.45, 7) is 0. The molecule has 0 bridgehead atoms. The second-order valence-electron chi connectivity index (χ2n) is 3.52. The fraction of sp³-hybridized carbons (Fsp3) is 0.333. The van der Waals surface area contributed by atoms with Gasteiger partial charge in [0.1, 0.15) is 0 Å². The first-order valence-electron chi connectivity index (χ1n) is 5.09. The van der Waals surface area contributed by atoms with Gasteiger partial charge in [0.25, 0.3) is 0 Å². The molecule has 0 amide bonds. The second-order valence-corrected chi connectivity index (χ2v) is 4.38. The SMILES string of the molecule is COC(=O)Cc1c(Br)cccc1CCC(=O)O. The molecule has 0 atom stereocenters. The third kappa shape index (κ3) is 4.19. The van der Waals surface area contributed by atoms with Gasteiger partial charge in [0.05, 0.1) is 13.5 Å². The third-order valence-electron chi connectivity index (χ3n) is 2.37. The number of methoxy groups -OCH3 is 1. The van der Waals surface area contributed by atoms with Gasteiger partial charge in [0.2, 0.25) is 0 Å². The Bertz CT molecular complexity index is 429. The van der Waals surface area contributed by atoms with E-state index in [1.807, 2.05) is 18.2 Å². The molecular formula is C12H13BrO4. The van der Waals surface area contributed by atoms with E-state index in [4.69, 9.17) is 5.11 Å². The van der Waals surface area contributed by atoms with Crippen LogP contribution in [0.4, 0.5) is 0 Å². The van der Waals surface area contributed by atoms with E-state index in [0.29, 0.717) is 6.42 Å². The molecule has 0 unspecified atom stereocenters. The van der Waals surface area contributed by atoms with Crippen LogP contribution in [0.5, 0.6) is 0 Å². The summed E-state index contributed by atoms with van der Waals surface area (Å²) in [4.78, 5) is 21.8. The van der Waals surface area contributed by atoms with Gasteiger partial charge in [0.15, 0.2) is 0 Å². The van der Waals surface area contributed by atoms with Gasteiger partial charge >= 0.3 is 11.9 Å². The highest BCUT2D eigenvalue weighted by Gasteiger charge is 2.12. The fourth-order valence-corrected chi connectivity index (χ4v) is 2.04. The number of carboxylic acids is 1. The second kappa shape index (κ2) is 6.39. The minimum atomic E-state index is -0.853. The Morgan fingerprint density at radius 3 is 2.71 bits per heavy atom. The summed E-state index contributed by atoms with van der Waals surface area (Å²) in [5.74, 6) is -1.19. The van der Waals surface area contributed by atoms with Crippen LogP contribution < -0.4 is 0 Å². The number of hydrogen-bond acceptors (Lipinski definition) is 3. The molecular weight excluding hydrogens is 288 g/mol. The van der Waals surface area contributed by atoms with Gasteiger partial charge in [-0.15, -0.1) is 0 Å². The first kappa shape index (κ1) is 13.7. The average molecular weight is 301 g/mol.